The highest BCUT2D eigenvalue weighted by Gasteiger charge is 2.14. The average Bonchev–Trinajstić information content (AvgIpc) is 2.76. The average molecular weight is 399 g/mol. The maximum Gasteiger partial charge on any atom is 0.0832 e. The number of fused-ring (bicyclic) bond motifs is 1. The summed E-state index contributed by atoms with van der Waals surface area (Å²) in [5, 5.41) is 11.8. The van der Waals surface area contributed by atoms with Crippen LogP contribution in [0.2, 0.25) is 0 Å². The molecule has 0 aliphatic heterocycles. The van der Waals surface area contributed by atoms with Crippen LogP contribution in [0.5, 0.6) is 0 Å². The molecule has 162 valence electrons. The third kappa shape index (κ3) is 9.31. The normalized spacial score (nSPS) is 12.5. The number of hydrogen-bond donors (Lipinski definition) is 1. The summed E-state index contributed by atoms with van der Waals surface area (Å²) in [7, 11) is 0. The maximum atomic E-state index is 9.22. The second kappa shape index (κ2) is 15.5. The maximum absolute atomic E-state index is 9.22. The summed E-state index contributed by atoms with van der Waals surface area (Å²) in [5.74, 6) is 0. The highest BCUT2D eigenvalue weighted by molar-refractivity contribution is 5.85. The fraction of sp³-hybridized carbons (Fsp3) is 0.630. The van der Waals surface area contributed by atoms with Gasteiger partial charge >= 0.3 is 0 Å². The van der Waals surface area contributed by atoms with Crippen LogP contribution < -0.4 is 0 Å². The molecule has 0 bridgehead atoms. The minimum atomic E-state index is 0.0800. The van der Waals surface area contributed by atoms with Crippen molar-refractivity contribution in [3.8, 4) is 0 Å². The number of aliphatic hydroxyl groups excluding tert-OH is 1. The Hall–Kier alpha value is -1.38. The van der Waals surface area contributed by atoms with Gasteiger partial charge in [0.1, 0.15) is 0 Å². The molecule has 0 aliphatic rings. The lowest BCUT2D eigenvalue weighted by Gasteiger charge is -2.20. The fourth-order valence-electron chi connectivity index (χ4n) is 4.23. The molecule has 1 atom stereocenters. The summed E-state index contributed by atoms with van der Waals surface area (Å²) in [6.45, 7) is 2.77. The van der Waals surface area contributed by atoms with E-state index in [0.29, 0.717) is 6.61 Å². The molecule has 0 saturated heterocycles. The van der Waals surface area contributed by atoms with Gasteiger partial charge in [-0.25, -0.2) is 0 Å². The number of aliphatic hydroxyl groups is 1. The summed E-state index contributed by atoms with van der Waals surface area (Å²) in [4.78, 5) is 0. The number of hydrogen-bond acceptors (Lipinski definition) is 2. The molecule has 0 saturated carbocycles. The Kier molecular flexibility index (Phi) is 12.7. The van der Waals surface area contributed by atoms with Crippen molar-refractivity contribution in [2.75, 3.05) is 13.2 Å². The molecular formula is C27H42O2. The highest BCUT2D eigenvalue weighted by atomic mass is 16.5. The van der Waals surface area contributed by atoms with Crippen LogP contribution in [0.4, 0.5) is 0 Å². The zero-order valence-electron chi connectivity index (χ0n) is 18.6. The van der Waals surface area contributed by atoms with Crippen molar-refractivity contribution < 1.29 is 9.84 Å². The van der Waals surface area contributed by atoms with E-state index in [1.54, 1.807) is 0 Å². The van der Waals surface area contributed by atoms with Crippen molar-refractivity contribution in [2.24, 2.45) is 0 Å². The Morgan fingerprint density at radius 1 is 0.724 bits per heavy atom. The van der Waals surface area contributed by atoms with E-state index in [9.17, 15) is 5.11 Å². The van der Waals surface area contributed by atoms with Crippen LogP contribution in [0.3, 0.4) is 0 Å². The van der Waals surface area contributed by atoms with E-state index < -0.39 is 0 Å². The van der Waals surface area contributed by atoms with Gasteiger partial charge in [0.2, 0.25) is 0 Å². The van der Waals surface area contributed by atoms with Crippen LogP contribution >= 0.6 is 0 Å². The lowest BCUT2D eigenvalue weighted by Crippen LogP contribution is -2.08. The summed E-state index contributed by atoms with van der Waals surface area (Å²) in [6.07, 6.45) is 17.5. The SMILES string of the molecule is CCCCCCCCCCCCCCC(OCCO)c1cccc2ccccc12. The molecule has 2 heteroatoms. The van der Waals surface area contributed by atoms with Gasteiger partial charge in [-0.1, -0.05) is 126 Å². The van der Waals surface area contributed by atoms with Gasteiger partial charge in [-0.2, -0.15) is 0 Å². The van der Waals surface area contributed by atoms with Crippen molar-refractivity contribution in [2.45, 2.75) is 96.5 Å². The Morgan fingerprint density at radius 2 is 1.31 bits per heavy atom. The standard InChI is InChI=1S/C27H42O2/c1-2-3-4-5-6-7-8-9-10-11-12-13-21-27(29-23-22-28)26-20-16-18-24-17-14-15-19-25(24)26/h14-20,27-28H,2-13,21-23H2,1H3. The van der Waals surface area contributed by atoms with Crippen LogP contribution in [0, 0.1) is 0 Å². The molecule has 1 N–H and O–H groups in total. The molecule has 0 aromatic heterocycles. The molecular weight excluding hydrogens is 356 g/mol. The molecule has 0 spiro atoms. The van der Waals surface area contributed by atoms with Crippen LogP contribution in [-0.2, 0) is 4.74 Å². The van der Waals surface area contributed by atoms with E-state index in [1.165, 1.54) is 93.4 Å². The first-order chi connectivity index (χ1) is 14.4. The molecule has 0 fully saturated rings. The zero-order valence-corrected chi connectivity index (χ0v) is 18.6. The monoisotopic (exact) mass is 398 g/mol. The van der Waals surface area contributed by atoms with Crippen LogP contribution in [0.25, 0.3) is 10.8 Å². The van der Waals surface area contributed by atoms with Crippen molar-refractivity contribution in [1.82, 2.24) is 0 Å². The molecule has 0 amide bonds. The van der Waals surface area contributed by atoms with Crippen molar-refractivity contribution in [3.63, 3.8) is 0 Å². The van der Waals surface area contributed by atoms with Gasteiger partial charge in [0, 0.05) is 0 Å². The molecule has 1 unspecified atom stereocenters. The zero-order chi connectivity index (χ0) is 20.6. The van der Waals surface area contributed by atoms with E-state index in [4.69, 9.17) is 4.74 Å². The molecule has 0 heterocycles. The van der Waals surface area contributed by atoms with Gasteiger partial charge in [0.25, 0.3) is 0 Å². The Bertz CT molecular complexity index is 647. The molecule has 2 aromatic carbocycles. The molecule has 29 heavy (non-hydrogen) atoms. The lowest BCUT2D eigenvalue weighted by atomic mass is 9.96. The Balaban J connectivity index is 1.67. The number of benzene rings is 2. The van der Waals surface area contributed by atoms with Gasteiger partial charge in [0.05, 0.1) is 19.3 Å². The van der Waals surface area contributed by atoms with Crippen LogP contribution in [-0.4, -0.2) is 18.3 Å². The van der Waals surface area contributed by atoms with Crippen LogP contribution in [0.1, 0.15) is 102 Å². The van der Waals surface area contributed by atoms with E-state index in [-0.39, 0.29) is 12.7 Å². The number of unbranched alkanes of at least 4 members (excludes halogenated alkanes) is 11. The van der Waals surface area contributed by atoms with Crippen molar-refractivity contribution in [3.05, 3.63) is 48.0 Å². The second-order valence-corrected chi connectivity index (χ2v) is 8.33. The predicted octanol–water partition coefficient (Wildman–Crippen LogP) is 7.98. The van der Waals surface area contributed by atoms with Gasteiger partial charge in [-0.3, -0.25) is 0 Å². The van der Waals surface area contributed by atoms with E-state index in [0.717, 1.165) is 6.42 Å². The van der Waals surface area contributed by atoms with E-state index >= 15 is 0 Å². The third-order valence-corrected chi connectivity index (χ3v) is 5.90. The fourth-order valence-corrected chi connectivity index (χ4v) is 4.23. The first-order valence-electron chi connectivity index (χ1n) is 12.1. The number of ether oxygens (including phenoxy) is 1. The minimum Gasteiger partial charge on any atom is -0.394 e. The lowest BCUT2D eigenvalue weighted by molar-refractivity contribution is 0.0223. The second-order valence-electron chi connectivity index (χ2n) is 8.33. The molecule has 2 nitrogen and oxygen atoms in total. The quantitative estimate of drug-likeness (QED) is 0.274. The molecule has 0 aliphatic carbocycles. The summed E-state index contributed by atoms with van der Waals surface area (Å²) in [5.41, 5.74) is 1.26. The van der Waals surface area contributed by atoms with Gasteiger partial charge < -0.3 is 9.84 Å². The summed E-state index contributed by atoms with van der Waals surface area (Å²) >= 11 is 0. The third-order valence-electron chi connectivity index (χ3n) is 5.90. The predicted molar refractivity (Wildman–Crippen MR) is 125 cm³/mol. The van der Waals surface area contributed by atoms with E-state index in [2.05, 4.69) is 49.4 Å². The smallest absolute Gasteiger partial charge is 0.0832 e. The molecule has 0 radical (unpaired) electrons. The molecule has 2 aromatic rings. The van der Waals surface area contributed by atoms with Crippen LogP contribution in [0.15, 0.2) is 42.5 Å². The van der Waals surface area contributed by atoms with Gasteiger partial charge in [-0.15, -0.1) is 0 Å². The Labute approximate surface area is 178 Å². The first kappa shape index (κ1) is 23.9. The van der Waals surface area contributed by atoms with Crippen molar-refractivity contribution >= 4 is 10.8 Å². The summed E-state index contributed by atoms with van der Waals surface area (Å²) in [6, 6.07) is 15.0. The minimum absolute atomic E-state index is 0.0800. The van der Waals surface area contributed by atoms with Gasteiger partial charge in [0.15, 0.2) is 0 Å². The Morgan fingerprint density at radius 3 is 1.97 bits per heavy atom. The summed E-state index contributed by atoms with van der Waals surface area (Å²) < 4.78 is 6.04. The highest BCUT2D eigenvalue weighted by Crippen LogP contribution is 2.30. The van der Waals surface area contributed by atoms with Gasteiger partial charge in [-0.05, 0) is 22.8 Å². The largest absolute Gasteiger partial charge is 0.394 e. The topological polar surface area (TPSA) is 29.5 Å². The molecule has 2 rings (SSSR count). The van der Waals surface area contributed by atoms with Crippen molar-refractivity contribution in [1.29, 1.82) is 0 Å². The first-order valence-corrected chi connectivity index (χ1v) is 12.1. The van der Waals surface area contributed by atoms with E-state index in [1.807, 2.05) is 0 Å². The number of rotatable bonds is 17.